The molecule has 9 heteroatoms. The number of hydrogen-bond acceptors (Lipinski definition) is 7. The van der Waals surface area contributed by atoms with Crippen molar-refractivity contribution < 1.29 is 23.9 Å². The van der Waals surface area contributed by atoms with Crippen LogP contribution in [0.3, 0.4) is 0 Å². The third-order valence-corrected chi connectivity index (χ3v) is 5.14. The minimum atomic E-state index is -0.517. The Morgan fingerprint density at radius 1 is 0.933 bits per heavy atom. The Hall–Kier alpha value is -3.33. The molecule has 0 saturated carbocycles. The van der Waals surface area contributed by atoms with Crippen molar-refractivity contribution >= 4 is 11.6 Å². The highest BCUT2D eigenvalue weighted by Crippen LogP contribution is 2.29. The molecule has 0 bridgehead atoms. The molecule has 0 unspecified atom stereocenters. The molecule has 3 rings (SSSR count). The van der Waals surface area contributed by atoms with E-state index in [0.717, 1.165) is 12.1 Å². The number of amides is 1. The monoisotopic (exact) mass is 415 g/mol. The average molecular weight is 415 g/mol. The second kappa shape index (κ2) is 9.45. The first kappa shape index (κ1) is 21.4. The summed E-state index contributed by atoms with van der Waals surface area (Å²) in [7, 11) is 4.65. The number of methoxy groups -OCH3 is 3. The zero-order valence-electron chi connectivity index (χ0n) is 17.3. The highest BCUT2D eigenvalue weighted by molar-refractivity contribution is 5.97. The van der Waals surface area contributed by atoms with E-state index in [1.807, 2.05) is 18.2 Å². The molecule has 1 aliphatic rings. The third kappa shape index (κ3) is 4.62. The van der Waals surface area contributed by atoms with Crippen LogP contribution in [0.5, 0.6) is 17.2 Å². The van der Waals surface area contributed by atoms with Crippen LogP contribution in [0.15, 0.2) is 36.4 Å². The summed E-state index contributed by atoms with van der Waals surface area (Å²) in [5.41, 5.74) is 1.17. The Bertz CT molecular complexity index is 925. The fourth-order valence-electron chi connectivity index (χ4n) is 3.49. The number of ether oxygens (including phenoxy) is 3. The molecule has 1 aliphatic heterocycles. The van der Waals surface area contributed by atoms with Gasteiger partial charge >= 0.3 is 0 Å². The van der Waals surface area contributed by atoms with E-state index in [2.05, 4.69) is 4.90 Å². The van der Waals surface area contributed by atoms with Crippen molar-refractivity contribution in [2.75, 3.05) is 47.5 Å². The van der Waals surface area contributed by atoms with Crippen molar-refractivity contribution in [3.63, 3.8) is 0 Å². The molecule has 0 spiro atoms. The third-order valence-electron chi connectivity index (χ3n) is 5.14. The van der Waals surface area contributed by atoms with Crippen LogP contribution in [0.25, 0.3) is 0 Å². The van der Waals surface area contributed by atoms with Gasteiger partial charge in [0.05, 0.1) is 31.8 Å². The average Bonchev–Trinajstić information content (AvgIpc) is 2.78. The number of rotatable bonds is 7. The number of piperazine rings is 1. The zero-order chi connectivity index (χ0) is 21.7. The first-order chi connectivity index (χ1) is 14.5. The molecular formula is C21H25N3O6. The molecule has 0 aliphatic carbocycles. The maximum absolute atomic E-state index is 12.9. The lowest BCUT2D eigenvalue weighted by Gasteiger charge is -2.35. The Balaban J connectivity index is 1.65. The van der Waals surface area contributed by atoms with Crippen molar-refractivity contribution in [1.29, 1.82) is 0 Å². The number of nitro groups is 1. The smallest absolute Gasteiger partial charge is 0.270 e. The van der Waals surface area contributed by atoms with E-state index in [-0.39, 0.29) is 17.2 Å². The van der Waals surface area contributed by atoms with E-state index in [4.69, 9.17) is 14.2 Å². The zero-order valence-corrected chi connectivity index (χ0v) is 17.3. The fourth-order valence-corrected chi connectivity index (χ4v) is 3.49. The van der Waals surface area contributed by atoms with Crippen LogP contribution in [0.2, 0.25) is 0 Å². The van der Waals surface area contributed by atoms with Gasteiger partial charge in [-0.3, -0.25) is 19.8 Å². The summed E-state index contributed by atoms with van der Waals surface area (Å²) in [6.45, 7) is 3.16. The Morgan fingerprint density at radius 3 is 2.17 bits per heavy atom. The van der Waals surface area contributed by atoms with Crippen LogP contribution in [-0.4, -0.2) is 68.1 Å². The second-order valence-corrected chi connectivity index (χ2v) is 6.90. The molecule has 30 heavy (non-hydrogen) atoms. The molecule has 0 N–H and O–H groups in total. The van der Waals surface area contributed by atoms with Gasteiger partial charge in [0.1, 0.15) is 5.75 Å². The Labute approximate surface area is 174 Å². The van der Waals surface area contributed by atoms with Gasteiger partial charge in [0.15, 0.2) is 11.5 Å². The summed E-state index contributed by atoms with van der Waals surface area (Å²) in [5, 5.41) is 11.1. The van der Waals surface area contributed by atoms with E-state index in [1.165, 1.54) is 25.3 Å². The highest BCUT2D eigenvalue weighted by atomic mass is 16.6. The van der Waals surface area contributed by atoms with Crippen molar-refractivity contribution in [3.8, 4) is 17.2 Å². The van der Waals surface area contributed by atoms with Crippen LogP contribution in [-0.2, 0) is 6.54 Å². The maximum atomic E-state index is 12.9. The molecule has 1 saturated heterocycles. The van der Waals surface area contributed by atoms with E-state index in [9.17, 15) is 14.9 Å². The van der Waals surface area contributed by atoms with Crippen LogP contribution >= 0.6 is 0 Å². The molecule has 1 amide bonds. The number of carbonyl (C=O) groups is 1. The summed E-state index contributed by atoms with van der Waals surface area (Å²) in [4.78, 5) is 27.4. The van der Waals surface area contributed by atoms with Crippen molar-refractivity contribution in [3.05, 3.63) is 57.6 Å². The minimum Gasteiger partial charge on any atom is -0.496 e. The lowest BCUT2D eigenvalue weighted by molar-refractivity contribution is -0.384. The lowest BCUT2D eigenvalue weighted by Crippen LogP contribution is -2.48. The van der Waals surface area contributed by atoms with Crippen LogP contribution in [0.4, 0.5) is 5.69 Å². The number of hydrogen-bond donors (Lipinski definition) is 0. The van der Waals surface area contributed by atoms with Crippen LogP contribution < -0.4 is 14.2 Å². The van der Waals surface area contributed by atoms with Gasteiger partial charge in [-0.15, -0.1) is 0 Å². The van der Waals surface area contributed by atoms with Crippen LogP contribution in [0.1, 0.15) is 15.9 Å². The number of nitro benzene ring substituents is 1. The van der Waals surface area contributed by atoms with Crippen LogP contribution in [0, 0.1) is 10.1 Å². The number of carbonyl (C=O) groups excluding carboxylic acids is 1. The number of non-ortho nitro benzene ring substituents is 1. The molecule has 9 nitrogen and oxygen atoms in total. The molecular weight excluding hydrogens is 390 g/mol. The fraction of sp³-hybridized carbons (Fsp3) is 0.381. The van der Waals surface area contributed by atoms with Gasteiger partial charge in [0, 0.05) is 44.9 Å². The summed E-state index contributed by atoms with van der Waals surface area (Å²) in [5.74, 6) is 1.43. The van der Waals surface area contributed by atoms with E-state index in [0.29, 0.717) is 43.4 Å². The molecule has 0 atom stereocenters. The molecule has 2 aromatic carbocycles. The molecule has 0 radical (unpaired) electrons. The number of benzene rings is 2. The van der Waals surface area contributed by atoms with Gasteiger partial charge in [-0.1, -0.05) is 6.07 Å². The molecule has 1 heterocycles. The Kier molecular flexibility index (Phi) is 6.73. The highest BCUT2D eigenvalue weighted by Gasteiger charge is 2.26. The predicted octanol–water partition coefficient (Wildman–Crippen LogP) is 2.58. The first-order valence-electron chi connectivity index (χ1n) is 9.51. The number of nitrogens with zero attached hydrogens (tertiary/aromatic N) is 3. The molecule has 2 aromatic rings. The molecule has 0 aromatic heterocycles. The van der Waals surface area contributed by atoms with Crippen molar-refractivity contribution in [2.45, 2.75) is 6.54 Å². The lowest BCUT2D eigenvalue weighted by atomic mass is 10.1. The van der Waals surface area contributed by atoms with E-state index in [1.54, 1.807) is 19.1 Å². The van der Waals surface area contributed by atoms with Crippen molar-refractivity contribution in [2.24, 2.45) is 0 Å². The van der Waals surface area contributed by atoms with Gasteiger partial charge in [-0.05, 0) is 23.8 Å². The van der Waals surface area contributed by atoms with Gasteiger partial charge < -0.3 is 19.1 Å². The summed E-state index contributed by atoms with van der Waals surface area (Å²) >= 11 is 0. The van der Waals surface area contributed by atoms with Gasteiger partial charge in [0.2, 0.25) is 0 Å². The Morgan fingerprint density at radius 2 is 1.57 bits per heavy atom. The van der Waals surface area contributed by atoms with Gasteiger partial charge in [0.25, 0.3) is 11.6 Å². The molecule has 160 valence electrons. The van der Waals surface area contributed by atoms with Crippen molar-refractivity contribution in [1.82, 2.24) is 9.80 Å². The largest absolute Gasteiger partial charge is 0.496 e. The first-order valence-corrected chi connectivity index (χ1v) is 9.51. The second-order valence-electron chi connectivity index (χ2n) is 6.90. The van der Waals surface area contributed by atoms with Gasteiger partial charge in [-0.2, -0.15) is 0 Å². The summed E-state index contributed by atoms with van der Waals surface area (Å²) in [6.07, 6.45) is 0. The van der Waals surface area contributed by atoms with Gasteiger partial charge in [-0.25, -0.2) is 0 Å². The quantitative estimate of drug-likeness (QED) is 0.507. The predicted molar refractivity (Wildman–Crippen MR) is 110 cm³/mol. The minimum absolute atomic E-state index is 0.133. The summed E-state index contributed by atoms with van der Waals surface area (Å²) < 4.78 is 15.9. The summed E-state index contributed by atoms with van der Waals surface area (Å²) in [6, 6.07) is 9.88. The molecule has 1 fully saturated rings. The van der Waals surface area contributed by atoms with E-state index >= 15 is 0 Å². The SMILES string of the molecule is COc1ccc(CN2CCN(C(=O)c3cc([N+](=O)[O-])ccc3OC)CC2)cc1OC. The van der Waals surface area contributed by atoms with E-state index < -0.39 is 4.92 Å². The topological polar surface area (TPSA) is 94.4 Å². The standard InChI is InChI=1S/C21H25N3O6/c1-28-18-7-5-16(24(26)27)13-17(18)21(25)23-10-8-22(9-11-23)14-15-4-6-19(29-2)20(12-15)30-3/h4-7,12-13H,8-11,14H2,1-3H3. The maximum Gasteiger partial charge on any atom is 0.270 e. The normalized spacial score (nSPS) is 14.3.